The van der Waals surface area contributed by atoms with Crippen molar-refractivity contribution in [1.82, 2.24) is 10.6 Å². The standard InChI is InChI=1S/C11H19N3O.C3H8.CH2O/c1-12-9(7-8-3-2-4-8)10(15)11-13-5-6-14-11;1-3-2;1-2/h8-9,12H,2-7H2,1H3,(H,13,14);3H2,1-2H3;1H2. The van der Waals surface area contributed by atoms with Crippen molar-refractivity contribution < 1.29 is 9.59 Å². The molecule has 1 aliphatic carbocycles. The molecule has 2 aliphatic rings. The number of hydrogen-bond donors (Lipinski definition) is 2. The van der Waals surface area contributed by atoms with Crippen LogP contribution in [-0.4, -0.2) is 44.6 Å². The van der Waals surface area contributed by atoms with Gasteiger partial charge >= 0.3 is 0 Å². The summed E-state index contributed by atoms with van der Waals surface area (Å²) in [6.45, 7) is 7.79. The molecule has 0 saturated heterocycles. The summed E-state index contributed by atoms with van der Waals surface area (Å²) in [5, 5.41) is 6.15. The lowest BCUT2D eigenvalue weighted by atomic mass is 9.80. The molecular weight excluding hydrogens is 254 g/mol. The molecule has 0 spiro atoms. The Labute approximate surface area is 122 Å². The third kappa shape index (κ3) is 6.28. The van der Waals surface area contributed by atoms with Crippen LogP contribution in [-0.2, 0) is 9.59 Å². The van der Waals surface area contributed by atoms with Gasteiger partial charge in [0.25, 0.3) is 0 Å². The summed E-state index contributed by atoms with van der Waals surface area (Å²) in [7, 11) is 1.86. The number of carbonyl (C=O) groups is 2. The maximum absolute atomic E-state index is 12.0. The van der Waals surface area contributed by atoms with Gasteiger partial charge in [-0.2, -0.15) is 0 Å². The second-order valence-corrected chi connectivity index (χ2v) is 5.10. The second-order valence-electron chi connectivity index (χ2n) is 5.10. The maximum Gasteiger partial charge on any atom is 0.214 e. The van der Waals surface area contributed by atoms with Gasteiger partial charge in [-0.1, -0.05) is 39.5 Å². The molecule has 1 unspecified atom stereocenters. The lowest BCUT2D eigenvalue weighted by Crippen LogP contribution is -2.44. The van der Waals surface area contributed by atoms with E-state index in [9.17, 15) is 4.79 Å². The molecule has 0 aromatic rings. The molecule has 1 aliphatic heterocycles. The molecule has 116 valence electrons. The molecule has 0 bridgehead atoms. The Kier molecular flexibility index (Phi) is 10.9. The molecule has 0 aromatic heterocycles. The Morgan fingerprint density at radius 2 is 2.05 bits per heavy atom. The number of nitrogens with zero attached hydrogens (tertiary/aromatic N) is 1. The number of hydrogen-bond acceptors (Lipinski definition) is 5. The molecule has 1 atom stereocenters. The Morgan fingerprint density at radius 1 is 1.45 bits per heavy atom. The Bertz CT molecular complexity index is 301. The summed E-state index contributed by atoms with van der Waals surface area (Å²) in [4.78, 5) is 24.2. The number of ketones is 1. The first-order valence-electron chi connectivity index (χ1n) is 7.51. The van der Waals surface area contributed by atoms with Crippen molar-refractivity contribution in [3.63, 3.8) is 0 Å². The molecule has 0 aromatic carbocycles. The first-order chi connectivity index (χ1) is 9.72. The van der Waals surface area contributed by atoms with Crippen molar-refractivity contribution in [2.24, 2.45) is 10.9 Å². The van der Waals surface area contributed by atoms with E-state index in [-0.39, 0.29) is 11.8 Å². The van der Waals surface area contributed by atoms with Gasteiger partial charge < -0.3 is 15.4 Å². The van der Waals surface area contributed by atoms with Crippen LogP contribution in [0.1, 0.15) is 46.0 Å². The average molecular weight is 283 g/mol. The highest BCUT2D eigenvalue weighted by molar-refractivity contribution is 6.41. The van der Waals surface area contributed by atoms with E-state index in [1.165, 1.54) is 25.7 Å². The topological polar surface area (TPSA) is 70.6 Å². The predicted octanol–water partition coefficient (Wildman–Crippen LogP) is 1.57. The highest BCUT2D eigenvalue weighted by atomic mass is 16.1. The molecule has 1 fully saturated rings. The molecule has 5 nitrogen and oxygen atoms in total. The van der Waals surface area contributed by atoms with E-state index in [4.69, 9.17) is 4.79 Å². The predicted molar refractivity (Wildman–Crippen MR) is 83.2 cm³/mol. The zero-order valence-electron chi connectivity index (χ0n) is 13.1. The smallest absolute Gasteiger partial charge is 0.214 e. The third-order valence-corrected chi connectivity index (χ3v) is 3.37. The van der Waals surface area contributed by atoms with E-state index in [2.05, 4.69) is 29.5 Å². The van der Waals surface area contributed by atoms with Crippen LogP contribution in [0.4, 0.5) is 0 Å². The fraction of sp³-hybridized carbons (Fsp3) is 0.800. The van der Waals surface area contributed by atoms with Gasteiger partial charge in [0.2, 0.25) is 5.78 Å². The lowest BCUT2D eigenvalue weighted by Gasteiger charge is -2.28. The number of Topliss-reactive ketones (excluding diaryl/α,β-unsaturated/α-hetero) is 1. The van der Waals surface area contributed by atoms with Crippen LogP contribution in [0.2, 0.25) is 0 Å². The molecule has 1 heterocycles. The summed E-state index contributed by atoms with van der Waals surface area (Å²) >= 11 is 0. The number of aliphatic imine (C=N–C) groups is 1. The van der Waals surface area contributed by atoms with Crippen LogP contribution in [0.15, 0.2) is 4.99 Å². The third-order valence-electron chi connectivity index (χ3n) is 3.37. The lowest BCUT2D eigenvalue weighted by molar-refractivity contribution is -0.115. The molecular formula is C15H29N3O2. The molecule has 5 heteroatoms. The van der Waals surface area contributed by atoms with Crippen molar-refractivity contribution in [2.75, 3.05) is 20.1 Å². The molecule has 1 saturated carbocycles. The van der Waals surface area contributed by atoms with Crippen molar-refractivity contribution in [3.05, 3.63) is 0 Å². The van der Waals surface area contributed by atoms with E-state index in [1.54, 1.807) is 0 Å². The van der Waals surface area contributed by atoms with E-state index in [0.29, 0.717) is 5.84 Å². The van der Waals surface area contributed by atoms with Gasteiger partial charge in [0.05, 0.1) is 12.6 Å². The summed E-state index contributed by atoms with van der Waals surface area (Å²) in [5.74, 6) is 1.46. The largest absolute Gasteiger partial charge is 0.365 e. The first kappa shape index (κ1) is 18.8. The maximum atomic E-state index is 12.0. The van der Waals surface area contributed by atoms with Crippen molar-refractivity contribution in [3.8, 4) is 0 Å². The SMILES string of the molecule is C=O.CCC.CNC(CC1CCC1)C(=O)C1=NCCN1. The highest BCUT2D eigenvalue weighted by Crippen LogP contribution is 2.30. The quantitative estimate of drug-likeness (QED) is 0.803. The first-order valence-corrected chi connectivity index (χ1v) is 7.51. The summed E-state index contributed by atoms with van der Waals surface area (Å²) in [5.41, 5.74) is 0. The normalized spacial score (nSPS) is 18.2. The molecule has 0 amide bonds. The van der Waals surface area contributed by atoms with Gasteiger partial charge in [-0.3, -0.25) is 9.79 Å². The monoisotopic (exact) mass is 283 g/mol. The fourth-order valence-corrected chi connectivity index (χ4v) is 2.15. The number of carbonyl (C=O) groups excluding carboxylic acids is 2. The minimum Gasteiger partial charge on any atom is -0.365 e. The summed E-state index contributed by atoms with van der Waals surface area (Å²) in [6, 6.07) is -0.0420. The van der Waals surface area contributed by atoms with E-state index >= 15 is 0 Å². The van der Waals surface area contributed by atoms with Gasteiger partial charge in [0, 0.05) is 6.54 Å². The zero-order valence-corrected chi connectivity index (χ0v) is 13.1. The van der Waals surface area contributed by atoms with Crippen molar-refractivity contribution in [1.29, 1.82) is 0 Å². The van der Waals surface area contributed by atoms with Gasteiger partial charge in [0.15, 0.2) is 5.84 Å². The summed E-state index contributed by atoms with van der Waals surface area (Å²) in [6.07, 6.45) is 6.11. The van der Waals surface area contributed by atoms with Gasteiger partial charge in [-0.25, -0.2) is 0 Å². The van der Waals surface area contributed by atoms with Crippen LogP contribution in [0, 0.1) is 5.92 Å². The van der Waals surface area contributed by atoms with Gasteiger partial charge in [0.1, 0.15) is 6.79 Å². The Balaban J connectivity index is 0.000000641. The van der Waals surface area contributed by atoms with E-state index in [1.807, 2.05) is 13.8 Å². The average Bonchev–Trinajstić information content (AvgIpc) is 2.94. The summed E-state index contributed by atoms with van der Waals surface area (Å²) < 4.78 is 0. The van der Waals surface area contributed by atoms with Crippen LogP contribution >= 0.6 is 0 Å². The van der Waals surface area contributed by atoms with Gasteiger partial charge in [-0.15, -0.1) is 0 Å². The zero-order chi connectivity index (χ0) is 15.4. The Hall–Kier alpha value is -1.23. The van der Waals surface area contributed by atoms with E-state index < -0.39 is 0 Å². The van der Waals surface area contributed by atoms with E-state index in [0.717, 1.165) is 25.4 Å². The van der Waals surface area contributed by atoms with Crippen LogP contribution < -0.4 is 10.6 Å². The van der Waals surface area contributed by atoms with Crippen LogP contribution in [0.25, 0.3) is 0 Å². The molecule has 2 rings (SSSR count). The minimum absolute atomic E-state index is 0.0420. The van der Waals surface area contributed by atoms with Crippen molar-refractivity contribution >= 4 is 18.4 Å². The molecule has 0 radical (unpaired) electrons. The highest BCUT2D eigenvalue weighted by Gasteiger charge is 2.28. The second kappa shape index (κ2) is 11.6. The number of amidine groups is 1. The van der Waals surface area contributed by atoms with Crippen molar-refractivity contribution in [2.45, 2.75) is 52.0 Å². The number of likely N-dealkylation sites (N-methyl/N-ethyl adjacent to an activating group) is 1. The molecule has 2 N–H and O–H groups in total. The molecule has 20 heavy (non-hydrogen) atoms. The minimum atomic E-state index is -0.0420. The van der Waals surface area contributed by atoms with Crippen LogP contribution in [0.5, 0.6) is 0 Å². The Morgan fingerprint density at radius 3 is 2.40 bits per heavy atom. The number of nitrogens with one attached hydrogen (secondary N) is 2. The van der Waals surface area contributed by atoms with Gasteiger partial charge in [-0.05, 0) is 19.4 Å². The number of rotatable bonds is 5. The van der Waals surface area contributed by atoms with Crippen LogP contribution in [0.3, 0.4) is 0 Å². The fourth-order valence-electron chi connectivity index (χ4n) is 2.15.